The lowest BCUT2D eigenvalue weighted by Gasteiger charge is -2.31. The fourth-order valence-corrected chi connectivity index (χ4v) is 4.93. The highest BCUT2D eigenvalue weighted by Crippen LogP contribution is 2.35. The third kappa shape index (κ3) is 5.07. The molecule has 0 bridgehead atoms. The second kappa shape index (κ2) is 10.8. The largest absolute Gasteiger partial charge is 0.384 e. The summed E-state index contributed by atoms with van der Waals surface area (Å²) in [5, 5.41) is 9.97. The molecule has 0 aromatic heterocycles. The second-order valence-electron chi connectivity index (χ2n) is 9.13. The summed E-state index contributed by atoms with van der Waals surface area (Å²) in [6.07, 6.45) is 3.07. The number of carbonyl (C=O) groups is 1. The molecule has 0 fully saturated rings. The van der Waals surface area contributed by atoms with Crippen molar-refractivity contribution in [3.8, 4) is 0 Å². The Bertz CT molecular complexity index is 1390. The molecule has 0 saturated carbocycles. The lowest BCUT2D eigenvalue weighted by Crippen LogP contribution is -2.35. The van der Waals surface area contributed by atoms with Crippen LogP contribution in [0.15, 0.2) is 84.9 Å². The van der Waals surface area contributed by atoms with Crippen LogP contribution >= 0.6 is 12.4 Å². The quantitative estimate of drug-likeness (QED) is 0.244. The SMILES string of the molecule is CN(c1ccc2c(c1)CCCN2C(=O)CCc1ccc(C(=N)N)cc1)c1cccc2ccccc12.Cl. The standard InChI is InChI=1S/C30H30N4O.ClH/c1-33(28-10-4-7-22-6-2-3-9-26(22)28)25-16-17-27-24(20-25)8-5-19-34(27)29(35)18-13-21-11-14-23(15-12-21)30(31)32;/h2-4,6-7,9-12,14-17,20H,5,8,13,18-19H2,1H3,(H3,31,32);1H. The first-order valence-corrected chi connectivity index (χ1v) is 12.1. The van der Waals surface area contributed by atoms with Crippen molar-refractivity contribution in [3.05, 3.63) is 102 Å². The summed E-state index contributed by atoms with van der Waals surface area (Å²) in [4.78, 5) is 17.3. The predicted octanol–water partition coefficient (Wildman–Crippen LogP) is 6.23. The lowest BCUT2D eigenvalue weighted by atomic mass is 9.99. The number of carbonyl (C=O) groups excluding carboxylic acids is 1. The van der Waals surface area contributed by atoms with E-state index < -0.39 is 0 Å². The first-order chi connectivity index (χ1) is 17.0. The van der Waals surface area contributed by atoms with E-state index >= 15 is 0 Å². The van der Waals surface area contributed by atoms with Crippen molar-refractivity contribution in [2.24, 2.45) is 5.73 Å². The van der Waals surface area contributed by atoms with Gasteiger partial charge in [0.05, 0.1) is 0 Å². The number of rotatable bonds is 6. The van der Waals surface area contributed by atoms with Gasteiger partial charge in [0.2, 0.25) is 5.91 Å². The van der Waals surface area contributed by atoms with E-state index in [9.17, 15) is 4.79 Å². The highest BCUT2D eigenvalue weighted by atomic mass is 35.5. The van der Waals surface area contributed by atoms with Gasteiger partial charge in [-0.2, -0.15) is 0 Å². The summed E-state index contributed by atoms with van der Waals surface area (Å²) < 4.78 is 0. The zero-order chi connectivity index (χ0) is 24.4. The maximum Gasteiger partial charge on any atom is 0.227 e. The van der Waals surface area contributed by atoms with Gasteiger partial charge in [0.15, 0.2) is 0 Å². The molecular formula is C30H31ClN4O. The number of halogens is 1. The Morgan fingerprint density at radius 1 is 1.00 bits per heavy atom. The van der Waals surface area contributed by atoms with Crippen LogP contribution in [0.1, 0.15) is 29.5 Å². The molecule has 36 heavy (non-hydrogen) atoms. The van der Waals surface area contributed by atoms with Crippen LogP contribution in [0.25, 0.3) is 10.8 Å². The molecule has 0 spiro atoms. The molecule has 0 atom stereocenters. The summed E-state index contributed by atoms with van der Waals surface area (Å²) in [5.74, 6) is 0.208. The van der Waals surface area contributed by atoms with Crippen LogP contribution in [0.2, 0.25) is 0 Å². The van der Waals surface area contributed by atoms with Crippen LogP contribution in [0, 0.1) is 5.41 Å². The number of hydrogen-bond acceptors (Lipinski definition) is 3. The molecule has 1 heterocycles. The number of hydrogen-bond donors (Lipinski definition) is 2. The van der Waals surface area contributed by atoms with Crippen LogP contribution in [0.4, 0.5) is 17.1 Å². The normalized spacial score (nSPS) is 12.5. The van der Waals surface area contributed by atoms with Crippen molar-refractivity contribution in [3.63, 3.8) is 0 Å². The van der Waals surface area contributed by atoms with Crippen molar-refractivity contribution in [1.82, 2.24) is 0 Å². The van der Waals surface area contributed by atoms with Crippen molar-refractivity contribution < 1.29 is 4.79 Å². The van der Waals surface area contributed by atoms with Gasteiger partial charge in [-0.25, -0.2) is 0 Å². The molecule has 3 N–H and O–H groups in total. The number of amidine groups is 1. The number of nitrogens with one attached hydrogen (secondary N) is 1. The molecule has 6 heteroatoms. The monoisotopic (exact) mass is 498 g/mol. The van der Waals surface area contributed by atoms with Crippen molar-refractivity contribution in [2.75, 3.05) is 23.4 Å². The molecule has 5 rings (SSSR count). The second-order valence-corrected chi connectivity index (χ2v) is 9.13. The van der Waals surface area contributed by atoms with Gasteiger partial charge in [-0.15, -0.1) is 12.4 Å². The Morgan fingerprint density at radius 2 is 1.75 bits per heavy atom. The fraction of sp³-hybridized carbons (Fsp3) is 0.200. The number of fused-ring (bicyclic) bond motifs is 2. The molecule has 0 aliphatic carbocycles. The van der Waals surface area contributed by atoms with E-state index in [1.807, 2.05) is 29.2 Å². The summed E-state index contributed by atoms with van der Waals surface area (Å²) in [5.41, 5.74) is 11.9. The van der Waals surface area contributed by atoms with Crippen LogP contribution < -0.4 is 15.5 Å². The van der Waals surface area contributed by atoms with E-state index in [0.717, 1.165) is 36.3 Å². The zero-order valence-electron chi connectivity index (χ0n) is 20.4. The number of amides is 1. The molecule has 0 radical (unpaired) electrons. The number of nitrogen functional groups attached to an aromatic ring is 1. The molecule has 4 aromatic rings. The summed E-state index contributed by atoms with van der Waals surface area (Å²) in [6, 6.07) is 28.9. The van der Waals surface area contributed by atoms with Crippen LogP contribution in [-0.2, 0) is 17.6 Å². The van der Waals surface area contributed by atoms with Crippen molar-refractivity contribution in [2.45, 2.75) is 25.7 Å². The Morgan fingerprint density at radius 3 is 2.53 bits per heavy atom. The van der Waals surface area contributed by atoms with Crippen LogP contribution in [-0.4, -0.2) is 25.3 Å². The summed E-state index contributed by atoms with van der Waals surface area (Å²) in [6.45, 7) is 0.758. The number of nitrogens with zero attached hydrogens (tertiary/aromatic N) is 2. The Kier molecular flexibility index (Phi) is 7.61. The molecule has 1 aliphatic rings. The molecule has 0 unspecified atom stereocenters. The first kappa shape index (κ1) is 25.3. The lowest BCUT2D eigenvalue weighted by molar-refractivity contribution is -0.118. The molecule has 184 valence electrons. The molecule has 5 nitrogen and oxygen atoms in total. The minimum Gasteiger partial charge on any atom is -0.384 e. The van der Waals surface area contributed by atoms with E-state index in [4.69, 9.17) is 11.1 Å². The number of nitrogens with two attached hydrogens (primary N) is 1. The maximum atomic E-state index is 13.2. The average molecular weight is 499 g/mol. The molecule has 4 aromatic carbocycles. The number of benzene rings is 4. The Labute approximate surface area is 218 Å². The minimum absolute atomic E-state index is 0. The third-order valence-corrected chi connectivity index (χ3v) is 6.89. The highest BCUT2D eigenvalue weighted by Gasteiger charge is 2.23. The average Bonchev–Trinajstić information content (AvgIpc) is 2.90. The first-order valence-electron chi connectivity index (χ1n) is 12.1. The summed E-state index contributed by atoms with van der Waals surface area (Å²) in [7, 11) is 2.10. The highest BCUT2D eigenvalue weighted by molar-refractivity contribution is 5.97. The fourth-order valence-electron chi connectivity index (χ4n) is 4.93. The number of aryl methyl sites for hydroxylation is 2. The van der Waals surface area contributed by atoms with E-state index in [0.29, 0.717) is 18.4 Å². The topological polar surface area (TPSA) is 73.4 Å². The van der Waals surface area contributed by atoms with E-state index in [1.54, 1.807) is 0 Å². The van der Waals surface area contributed by atoms with Crippen molar-refractivity contribution in [1.29, 1.82) is 5.41 Å². The predicted molar refractivity (Wildman–Crippen MR) is 152 cm³/mol. The number of anilines is 3. The van der Waals surface area contributed by atoms with Gasteiger partial charge in [0, 0.05) is 48.0 Å². The van der Waals surface area contributed by atoms with Gasteiger partial charge in [-0.1, -0.05) is 60.7 Å². The summed E-state index contributed by atoms with van der Waals surface area (Å²) >= 11 is 0. The van der Waals surface area contributed by atoms with E-state index in [1.165, 1.54) is 22.0 Å². The zero-order valence-corrected chi connectivity index (χ0v) is 21.2. The third-order valence-electron chi connectivity index (χ3n) is 6.89. The van der Waals surface area contributed by atoms with Crippen LogP contribution in [0.3, 0.4) is 0 Å². The molecular weight excluding hydrogens is 468 g/mol. The maximum absolute atomic E-state index is 13.2. The van der Waals surface area contributed by atoms with Crippen molar-refractivity contribution >= 4 is 52.0 Å². The smallest absolute Gasteiger partial charge is 0.227 e. The molecule has 0 saturated heterocycles. The molecule has 1 amide bonds. The Hall–Kier alpha value is -3.83. The minimum atomic E-state index is 0. The Balaban J connectivity index is 0.00000304. The van der Waals surface area contributed by atoms with Gasteiger partial charge in [0.1, 0.15) is 5.84 Å². The van der Waals surface area contributed by atoms with Gasteiger partial charge in [-0.3, -0.25) is 10.2 Å². The van der Waals surface area contributed by atoms with Gasteiger partial charge in [0.25, 0.3) is 0 Å². The molecule has 1 aliphatic heterocycles. The van der Waals surface area contributed by atoms with Gasteiger partial charge >= 0.3 is 0 Å². The van der Waals surface area contributed by atoms with Gasteiger partial charge in [-0.05, 0) is 60.0 Å². The van der Waals surface area contributed by atoms with Gasteiger partial charge < -0.3 is 15.5 Å². The van der Waals surface area contributed by atoms with E-state index in [2.05, 4.69) is 72.6 Å². The van der Waals surface area contributed by atoms with E-state index in [-0.39, 0.29) is 24.1 Å². The van der Waals surface area contributed by atoms with Crippen LogP contribution in [0.5, 0.6) is 0 Å².